The Morgan fingerprint density at radius 3 is 2.65 bits per heavy atom. The van der Waals surface area contributed by atoms with Crippen LogP contribution in [-0.4, -0.2) is 11.5 Å². The van der Waals surface area contributed by atoms with Gasteiger partial charge in [-0.25, -0.2) is 0 Å². The van der Waals surface area contributed by atoms with Crippen LogP contribution in [0.15, 0.2) is 30.3 Å². The lowest BCUT2D eigenvalue weighted by Gasteiger charge is -2.26. The topological polar surface area (TPSA) is 27.8 Å². The summed E-state index contributed by atoms with van der Waals surface area (Å²) in [7, 11) is 0. The maximum absolute atomic E-state index is 3.73. The average molecular weight is 304 g/mol. The SMILES string of the molecule is Cc1cc(C)c2c3c([nH]c2c1)C(c1cccc(C)c1C)NCC3. The minimum absolute atomic E-state index is 0.269. The number of rotatable bonds is 1. The fourth-order valence-corrected chi connectivity index (χ4v) is 4.12. The Bertz CT molecular complexity index is 902. The van der Waals surface area contributed by atoms with E-state index in [2.05, 4.69) is 68.3 Å². The summed E-state index contributed by atoms with van der Waals surface area (Å²) in [5.74, 6) is 0. The summed E-state index contributed by atoms with van der Waals surface area (Å²) in [6.45, 7) is 9.87. The van der Waals surface area contributed by atoms with E-state index in [1.807, 2.05) is 0 Å². The van der Waals surface area contributed by atoms with E-state index >= 15 is 0 Å². The molecule has 118 valence electrons. The van der Waals surface area contributed by atoms with Crippen molar-refractivity contribution in [3.8, 4) is 0 Å². The number of nitrogens with one attached hydrogen (secondary N) is 2. The van der Waals surface area contributed by atoms with E-state index in [1.165, 1.54) is 50.0 Å². The van der Waals surface area contributed by atoms with Crippen LogP contribution in [0.25, 0.3) is 10.9 Å². The zero-order chi connectivity index (χ0) is 16.1. The highest BCUT2D eigenvalue weighted by atomic mass is 15.0. The number of benzene rings is 2. The molecule has 0 fully saturated rings. The van der Waals surface area contributed by atoms with Gasteiger partial charge in [0.25, 0.3) is 0 Å². The fraction of sp³-hybridized carbons (Fsp3) is 0.333. The molecule has 1 aromatic heterocycles. The van der Waals surface area contributed by atoms with Crippen LogP contribution in [0, 0.1) is 27.7 Å². The van der Waals surface area contributed by atoms with Crippen molar-refractivity contribution in [2.75, 3.05) is 6.54 Å². The summed E-state index contributed by atoms with van der Waals surface area (Å²) in [4.78, 5) is 3.73. The van der Waals surface area contributed by atoms with Crippen LogP contribution in [0.2, 0.25) is 0 Å². The number of hydrogen-bond acceptors (Lipinski definition) is 1. The van der Waals surface area contributed by atoms with Gasteiger partial charge in [0.05, 0.1) is 6.04 Å². The Kier molecular flexibility index (Phi) is 3.31. The molecule has 1 aliphatic heterocycles. The Hall–Kier alpha value is -2.06. The lowest BCUT2D eigenvalue weighted by molar-refractivity contribution is 0.558. The number of hydrogen-bond donors (Lipinski definition) is 2. The average Bonchev–Trinajstić information content (AvgIpc) is 2.88. The van der Waals surface area contributed by atoms with Gasteiger partial charge >= 0.3 is 0 Å². The minimum Gasteiger partial charge on any atom is -0.357 e. The molecular weight excluding hydrogens is 280 g/mol. The van der Waals surface area contributed by atoms with Crippen LogP contribution in [0.1, 0.15) is 45.1 Å². The molecule has 2 N–H and O–H groups in total. The highest BCUT2D eigenvalue weighted by Crippen LogP contribution is 2.36. The molecular formula is C21H24N2. The molecule has 0 saturated heterocycles. The minimum atomic E-state index is 0.269. The Morgan fingerprint density at radius 2 is 1.83 bits per heavy atom. The van der Waals surface area contributed by atoms with Crippen LogP contribution in [-0.2, 0) is 6.42 Å². The normalized spacial score (nSPS) is 17.5. The Labute approximate surface area is 137 Å². The summed E-state index contributed by atoms with van der Waals surface area (Å²) < 4.78 is 0. The van der Waals surface area contributed by atoms with Crippen molar-refractivity contribution >= 4 is 10.9 Å². The van der Waals surface area contributed by atoms with E-state index < -0.39 is 0 Å². The molecule has 0 radical (unpaired) electrons. The second-order valence-electron chi connectivity index (χ2n) is 6.95. The quantitative estimate of drug-likeness (QED) is 0.673. The highest BCUT2D eigenvalue weighted by molar-refractivity contribution is 5.89. The fourth-order valence-electron chi connectivity index (χ4n) is 4.12. The predicted octanol–water partition coefficient (Wildman–Crippen LogP) is 4.64. The molecule has 1 aliphatic rings. The highest BCUT2D eigenvalue weighted by Gasteiger charge is 2.27. The lowest BCUT2D eigenvalue weighted by atomic mass is 9.89. The van der Waals surface area contributed by atoms with Gasteiger partial charge in [0.2, 0.25) is 0 Å². The van der Waals surface area contributed by atoms with E-state index in [1.54, 1.807) is 0 Å². The molecule has 1 unspecified atom stereocenters. The second kappa shape index (κ2) is 5.24. The van der Waals surface area contributed by atoms with Gasteiger partial charge in [-0.15, -0.1) is 0 Å². The van der Waals surface area contributed by atoms with Gasteiger partial charge in [0.1, 0.15) is 0 Å². The van der Waals surface area contributed by atoms with Crippen molar-refractivity contribution in [2.45, 2.75) is 40.2 Å². The van der Waals surface area contributed by atoms with Gasteiger partial charge in [0, 0.05) is 23.1 Å². The first-order chi connectivity index (χ1) is 11.1. The first-order valence-corrected chi connectivity index (χ1v) is 8.47. The summed E-state index contributed by atoms with van der Waals surface area (Å²) >= 11 is 0. The van der Waals surface area contributed by atoms with Gasteiger partial charge in [-0.2, -0.15) is 0 Å². The summed E-state index contributed by atoms with van der Waals surface area (Å²) in [6, 6.07) is 11.5. The molecule has 0 spiro atoms. The molecule has 0 amide bonds. The maximum atomic E-state index is 3.73. The molecule has 0 aliphatic carbocycles. The van der Waals surface area contributed by atoms with Crippen LogP contribution in [0.4, 0.5) is 0 Å². The molecule has 0 bridgehead atoms. The molecule has 23 heavy (non-hydrogen) atoms. The Balaban J connectivity index is 1.95. The van der Waals surface area contributed by atoms with Gasteiger partial charge in [-0.05, 0) is 73.6 Å². The monoisotopic (exact) mass is 304 g/mol. The van der Waals surface area contributed by atoms with Crippen molar-refractivity contribution in [3.05, 3.63) is 69.4 Å². The van der Waals surface area contributed by atoms with Crippen LogP contribution >= 0.6 is 0 Å². The summed E-state index contributed by atoms with van der Waals surface area (Å²) in [5, 5.41) is 5.16. The van der Waals surface area contributed by atoms with Crippen LogP contribution in [0.5, 0.6) is 0 Å². The third-order valence-electron chi connectivity index (χ3n) is 5.35. The number of aryl methyl sites for hydroxylation is 3. The molecule has 2 heteroatoms. The Morgan fingerprint density at radius 1 is 1.00 bits per heavy atom. The van der Waals surface area contributed by atoms with Crippen molar-refractivity contribution in [2.24, 2.45) is 0 Å². The van der Waals surface area contributed by atoms with Gasteiger partial charge in [0.15, 0.2) is 0 Å². The number of fused-ring (bicyclic) bond motifs is 3. The molecule has 0 saturated carbocycles. The van der Waals surface area contributed by atoms with Crippen LogP contribution in [0.3, 0.4) is 0 Å². The first-order valence-electron chi connectivity index (χ1n) is 8.47. The van der Waals surface area contributed by atoms with Crippen molar-refractivity contribution in [3.63, 3.8) is 0 Å². The van der Waals surface area contributed by atoms with Crippen molar-refractivity contribution < 1.29 is 0 Å². The molecule has 2 aromatic carbocycles. The first kappa shape index (κ1) is 14.5. The molecule has 4 rings (SSSR count). The molecule has 2 nitrogen and oxygen atoms in total. The van der Waals surface area contributed by atoms with E-state index in [0.717, 1.165) is 13.0 Å². The third kappa shape index (κ3) is 2.21. The third-order valence-corrected chi connectivity index (χ3v) is 5.35. The van der Waals surface area contributed by atoms with E-state index in [9.17, 15) is 0 Å². The van der Waals surface area contributed by atoms with E-state index in [-0.39, 0.29) is 6.04 Å². The van der Waals surface area contributed by atoms with Crippen molar-refractivity contribution in [1.82, 2.24) is 10.3 Å². The van der Waals surface area contributed by atoms with E-state index in [0.29, 0.717) is 0 Å². The maximum Gasteiger partial charge on any atom is 0.0735 e. The van der Waals surface area contributed by atoms with Crippen molar-refractivity contribution in [1.29, 1.82) is 0 Å². The zero-order valence-electron chi connectivity index (χ0n) is 14.4. The molecule has 2 heterocycles. The number of aromatic nitrogens is 1. The van der Waals surface area contributed by atoms with E-state index in [4.69, 9.17) is 0 Å². The smallest absolute Gasteiger partial charge is 0.0735 e. The molecule has 1 atom stereocenters. The van der Waals surface area contributed by atoms with Gasteiger partial charge in [-0.3, -0.25) is 0 Å². The molecule has 3 aromatic rings. The summed E-state index contributed by atoms with van der Waals surface area (Å²) in [6.07, 6.45) is 1.10. The number of H-pyrrole nitrogens is 1. The lowest BCUT2D eigenvalue weighted by Crippen LogP contribution is -2.31. The second-order valence-corrected chi connectivity index (χ2v) is 6.95. The number of aromatic amines is 1. The largest absolute Gasteiger partial charge is 0.357 e. The van der Waals surface area contributed by atoms with Crippen LogP contribution < -0.4 is 5.32 Å². The standard InChI is InChI=1S/C21H24N2/c1-12-10-14(3)19-17-8-9-22-20(21(17)23-18(19)11-12)16-7-5-6-13(2)15(16)4/h5-7,10-11,20,22-23H,8-9H2,1-4H3. The zero-order valence-corrected chi connectivity index (χ0v) is 14.4. The predicted molar refractivity (Wildman–Crippen MR) is 97.2 cm³/mol. The van der Waals surface area contributed by atoms with Gasteiger partial charge in [-0.1, -0.05) is 24.3 Å². The van der Waals surface area contributed by atoms with Gasteiger partial charge < -0.3 is 10.3 Å². The summed E-state index contributed by atoms with van der Waals surface area (Å²) in [5.41, 5.74) is 11.0.